The van der Waals surface area contributed by atoms with Crippen molar-refractivity contribution in [3.05, 3.63) is 24.3 Å². The third kappa shape index (κ3) is 4.12. The molecular formula is C14H16N2O8. The largest absolute Gasteiger partial charge is 0.492 e. The third-order valence-electron chi connectivity index (χ3n) is 2.99. The first-order valence-corrected chi connectivity index (χ1v) is 7.00. The molecule has 0 bridgehead atoms. The van der Waals surface area contributed by atoms with Crippen LogP contribution in [0.2, 0.25) is 0 Å². The highest BCUT2D eigenvalue weighted by atomic mass is 16.7. The summed E-state index contributed by atoms with van der Waals surface area (Å²) in [6.07, 6.45) is 0.482. The van der Waals surface area contributed by atoms with Crippen molar-refractivity contribution in [3.63, 3.8) is 0 Å². The quantitative estimate of drug-likeness (QED) is 0.526. The predicted octanol–water partition coefficient (Wildman–Crippen LogP) is 0.283. The minimum atomic E-state index is -0.703. The maximum atomic E-state index is 11.6. The topological polar surface area (TPSA) is 143 Å². The Morgan fingerprint density at radius 2 is 1.00 bits per heavy atom. The van der Waals surface area contributed by atoms with Gasteiger partial charge in [-0.2, -0.15) is 0 Å². The Bertz CT molecular complexity index is 632. The first-order chi connectivity index (χ1) is 11.4. The maximum Gasteiger partial charge on any atom is 0.333 e. The van der Waals surface area contributed by atoms with Gasteiger partial charge in [0.15, 0.2) is 0 Å². The third-order valence-corrected chi connectivity index (χ3v) is 2.99. The number of aromatic hydroxyl groups is 4. The second kappa shape index (κ2) is 7.31. The molecule has 0 spiro atoms. The fourth-order valence-electron chi connectivity index (χ4n) is 1.82. The lowest BCUT2D eigenvalue weighted by molar-refractivity contribution is -0.147. The summed E-state index contributed by atoms with van der Waals surface area (Å²) in [6, 6.07) is 4.63. The molecule has 24 heavy (non-hydrogen) atoms. The normalized spacial score (nSPS) is 10.5. The van der Waals surface area contributed by atoms with Crippen LogP contribution in [0.4, 0.5) is 0 Å². The van der Waals surface area contributed by atoms with Gasteiger partial charge in [0.2, 0.25) is 23.5 Å². The second-order valence-electron chi connectivity index (χ2n) is 4.82. The van der Waals surface area contributed by atoms with Crippen LogP contribution in [0.3, 0.4) is 0 Å². The summed E-state index contributed by atoms with van der Waals surface area (Å²) in [6.45, 7) is 0. The molecule has 0 saturated carbocycles. The van der Waals surface area contributed by atoms with Crippen molar-refractivity contribution < 1.29 is 39.7 Å². The molecule has 2 aromatic rings. The Morgan fingerprint density at radius 3 is 1.29 bits per heavy atom. The van der Waals surface area contributed by atoms with E-state index in [-0.39, 0.29) is 12.8 Å². The molecule has 130 valence electrons. The summed E-state index contributed by atoms with van der Waals surface area (Å²) in [5, 5.41) is 37.3. The summed E-state index contributed by atoms with van der Waals surface area (Å²) < 4.78 is 1.16. The Kier molecular flexibility index (Phi) is 5.20. The van der Waals surface area contributed by atoms with Gasteiger partial charge in [0.1, 0.15) is 0 Å². The van der Waals surface area contributed by atoms with Crippen LogP contribution in [0, 0.1) is 0 Å². The zero-order valence-corrected chi connectivity index (χ0v) is 12.5. The van der Waals surface area contributed by atoms with Crippen molar-refractivity contribution in [3.8, 4) is 23.5 Å². The highest BCUT2D eigenvalue weighted by molar-refractivity contribution is 5.71. The first-order valence-electron chi connectivity index (χ1n) is 7.00. The zero-order chi connectivity index (χ0) is 17.7. The van der Waals surface area contributed by atoms with E-state index in [2.05, 4.69) is 0 Å². The fourth-order valence-corrected chi connectivity index (χ4v) is 1.82. The average Bonchev–Trinajstić information content (AvgIpc) is 3.01. The Labute approximate surface area is 135 Å². The number of aromatic nitrogens is 2. The lowest BCUT2D eigenvalue weighted by Gasteiger charge is -2.07. The number of nitrogens with zero attached hydrogens (tertiary/aromatic N) is 2. The van der Waals surface area contributed by atoms with Gasteiger partial charge in [0, 0.05) is 37.1 Å². The van der Waals surface area contributed by atoms with Crippen molar-refractivity contribution in [2.75, 3.05) is 0 Å². The van der Waals surface area contributed by atoms with Crippen LogP contribution in [0.1, 0.15) is 25.7 Å². The van der Waals surface area contributed by atoms with E-state index in [9.17, 15) is 30.0 Å². The molecule has 2 aromatic heterocycles. The second-order valence-corrected chi connectivity index (χ2v) is 4.82. The van der Waals surface area contributed by atoms with Gasteiger partial charge in [0.05, 0.1) is 0 Å². The first kappa shape index (κ1) is 17.1. The van der Waals surface area contributed by atoms with Crippen molar-refractivity contribution in [1.82, 2.24) is 9.46 Å². The molecule has 0 aromatic carbocycles. The summed E-state index contributed by atoms with van der Waals surface area (Å²) in [4.78, 5) is 32.6. The van der Waals surface area contributed by atoms with E-state index in [1.165, 1.54) is 0 Å². The number of unbranched alkanes of at least 4 members (excludes halogenated alkanes) is 1. The fraction of sp³-hybridized carbons (Fsp3) is 0.286. The molecule has 10 heteroatoms. The van der Waals surface area contributed by atoms with Crippen LogP contribution < -0.4 is 9.68 Å². The Hall–Kier alpha value is -3.30. The number of carbonyl (C=O) groups is 2. The average molecular weight is 340 g/mol. The molecule has 2 heterocycles. The van der Waals surface area contributed by atoms with Gasteiger partial charge in [-0.05, 0) is 12.8 Å². The van der Waals surface area contributed by atoms with E-state index >= 15 is 0 Å². The zero-order valence-electron chi connectivity index (χ0n) is 12.5. The summed E-state index contributed by atoms with van der Waals surface area (Å²) in [5.41, 5.74) is 0. The van der Waals surface area contributed by atoms with E-state index in [4.69, 9.17) is 9.68 Å². The van der Waals surface area contributed by atoms with Gasteiger partial charge in [-0.1, -0.05) is 0 Å². The molecule has 0 fully saturated rings. The molecule has 0 radical (unpaired) electrons. The van der Waals surface area contributed by atoms with E-state index < -0.39 is 35.5 Å². The molecule has 0 amide bonds. The molecule has 0 aliphatic carbocycles. The lowest BCUT2D eigenvalue weighted by Crippen LogP contribution is -2.20. The maximum absolute atomic E-state index is 11.6. The number of hydrogen-bond donors (Lipinski definition) is 4. The highest BCUT2D eigenvalue weighted by Gasteiger charge is 2.14. The van der Waals surface area contributed by atoms with E-state index in [0.717, 1.165) is 24.3 Å². The number of carbonyl (C=O) groups excluding carboxylic acids is 2. The van der Waals surface area contributed by atoms with Crippen LogP contribution in [0.15, 0.2) is 24.3 Å². The molecule has 2 rings (SSSR count). The standard InChI is InChI=1S/C14H16N2O8/c17-9-5-6-10(18)15(9)23-13(21)3-1-2-4-14(22)24-16-11(19)7-8-12(16)20/h5-8,17-20H,1-4H2. The van der Waals surface area contributed by atoms with Gasteiger partial charge < -0.3 is 30.1 Å². The van der Waals surface area contributed by atoms with Crippen molar-refractivity contribution in [2.24, 2.45) is 0 Å². The summed E-state index contributed by atoms with van der Waals surface area (Å²) >= 11 is 0. The van der Waals surface area contributed by atoms with Crippen LogP contribution in [0.5, 0.6) is 23.5 Å². The predicted molar refractivity (Wildman–Crippen MR) is 77.2 cm³/mol. The van der Waals surface area contributed by atoms with Crippen LogP contribution >= 0.6 is 0 Å². The molecule has 0 aliphatic heterocycles. The van der Waals surface area contributed by atoms with Gasteiger partial charge >= 0.3 is 11.9 Å². The molecule has 4 N–H and O–H groups in total. The highest BCUT2D eigenvalue weighted by Crippen LogP contribution is 2.20. The smallest absolute Gasteiger partial charge is 0.333 e. The van der Waals surface area contributed by atoms with Crippen LogP contribution in [-0.2, 0) is 9.59 Å². The van der Waals surface area contributed by atoms with Gasteiger partial charge in [0.25, 0.3) is 0 Å². The monoisotopic (exact) mass is 340 g/mol. The summed E-state index contributed by atoms with van der Waals surface area (Å²) in [5.74, 6) is -3.09. The van der Waals surface area contributed by atoms with E-state index in [1.807, 2.05) is 0 Å². The van der Waals surface area contributed by atoms with Crippen LogP contribution in [0.25, 0.3) is 0 Å². The number of hydrogen-bond acceptors (Lipinski definition) is 8. The molecule has 0 atom stereocenters. The molecular weight excluding hydrogens is 324 g/mol. The SMILES string of the molecule is O=C(CCCCC(=O)On1c(O)ccc1O)On1c(O)ccc1O. The minimum Gasteiger partial charge on any atom is -0.492 e. The van der Waals surface area contributed by atoms with E-state index in [1.54, 1.807) is 0 Å². The van der Waals surface area contributed by atoms with Crippen molar-refractivity contribution in [1.29, 1.82) is 0 Å². The molecule has 0 saturated heterocycles. The summed E-state index contributed by atoms with van der Waals surface area (Å²) in [7, 11) is 0. The van der Waals surface area contributed by atoms with Gasteiger partial charge in [-0.3, -0.25) is 0 Å². The Morgan fingerprint density at radius 1 is 0.708 bits per heavy atom. The van der Waals surface area contributed by atoms with Crippen molar-refractivity contribution >= 4 is 11.9 Å². The van der Waals surface area contributed by atoms with Gasteiger partial charge in [-0.15, -0.1) is 9.46 Å². The molecule has 0 unspecified atom stereocenters. The minimum absolute atomic E-state index is 0.0512. The van der Waals surface area contributed by atoms with Gasteiger partial charge in [-0.25, -0.2) is 9.59 Å². The van der Waals surface area contributed by atoms with Crippen molar-refractivity contribution in [2.45, 2.75) is 25.7 Å². The lowest BCUT2D eigenvalue weighted by atomic mass is 10.2. The van der Waals surface area contributed by atoms with Crippen LogP contribution in [-0.4, -0.2) is 41.8 Å². The molecule has 0 aliphatic rings. The Balaban J connectivity index is 1.69. The van der Waals surface area contributed by atoms with E-state index in [0.29, 0.717) is 22.3 Å². The number of rotatable bonds is 7. The molecule has 10 nitrogen and oxygen atoms in total.